The molecule has 7 heteroatoms. The van der Waals surface area contributed by atoms with Crippen molar-refractivity contribution in [1.82, 2.24) is 9.97 Å². The largest absolute Gasteiger partial charge is 0.481 e. The molecule has 4 atom stereocenters. The van der Waals surface area contributed by atoms with Crippen LogP contribution in [0.1, 0.15) is 19.8 Å². The van der Waals surface area contributed by atoms with E-state index in [9.17, 15) is 4.79 Å². The number of hydrogen-bond acceptors (Lipinski definition) is 6. The van der Waals surface area contributed by atoms with E-state index in [2.05, 4.69) is 28.2 Å². The second-order valence-electron chi connectivity index (χ2n) is 7.31. The summed E-state index contributed by atoms with van der Waals surface area (Å²) in [4.78, 5) is 26.2. The van der Waals surface area contributed by atoms with Crippen molar-refractivity contribution in [2.75, 3.05) is 29.4 Å². The number of thiophene rings is 1. The molecule has 2 saturated heterocycles. The molecule has 126 valence electrons. The number of hydrogen-bond donors (Lipinski definition) is 1. The SMILES string of the molecule is C[C@H]1CCN1c1nc(N2C[C@@H]3C(CC(=O)O)[C@@H]3C2)c2ccsc2n1. The lowest BCUT2D eigenvalue weighted by Gasteiger charge is -2.39. The van der Waals surface area contributed by atoms with Crippen LogP contribution in [0.15, 0.2) is 11.4 Å². The maximum absolute atomic E-state index is 10.9. The van der Waals surface area contributed by atoms with E-state index in [4.69, 9.17) is 15.1 Å². The number of carbonyl (C=O) groups is 1. The Labute approximate surface area is 144 Å². The average molecular weight is 344 g/mol. The summed E-state index contributed by atoms with van der Waals surface area (Å²) in [6.45, 7) is 5.11. The highest BCUT2D eigenvalue weighted by atomic mass is 32.1. The van der Waals surface area contributed by atoms with Crippen LogP contribution in [0.2, 0.25) is 0 Å². The highest BCUT2D eigenvalue weighted by molar-refractivity contribution is 7.16. The first kappa shape index (κ1) is 14.5. The van der Waals surface area contributed by atoms with Crippen molar-refractivity contribution < 1.29 is 9.90 Å². The standard InChI is InChI=1S/C17H20N4O2S/c1-9-2-4-21(9)17-18-15(10-3-5-24-16(10)19-17)20-7-12-11(6-14(22)23)13(12)8-20/h3,5,9,11-13H,2,4,6-8H2,1H3,(H,22,23)/t9-,11?,12-,13+/m0/s1. The molecule has 1 aliphatic carbocycles. The van der Waals surface area contributed by atoms with Crippen molar-refractivity contribution in [1.29, 1.82) is 0 Å². The number of piperidine rings is 1. The molecule has 2 aromatic rings. The van der Waals surface area contributed by atoms with E-state index in [-0.39, 0.29) is 0 Å². The van der Waals surface area contributed by atoms with Crippen LogP contribution in [0.25, 0.3) is 10.2 Å². The lowest BCUT2D eigenvalue weighted by atomic mass is 10.1. The number of aromatic nitrogens is 2. The Bertz CT molecular complexity index is 810. The molecule has 5 rings (SSSR count). The van der Waals surface area contributed by atoms with Gasteiger partial charge in [-0.25, -0.2) is 4.98 Å². The Morgan fingerprint density at radius 3 is 2.79 bits per heavy atom. The predicted molar refractivity (Wildman–Crippen MR) is 93.8 cm³/mol. The molecule has 0 aromatic carbocycles. The molecular formula is C17H20N4O2S. The zero-order valence-corrected chi connectivity index (χ0v) is 14.4. The normalized spacial score (nSPS) is 31.2. The molecule has 0 bridgehead atoms. The first-order valence-corrected chi connectivity index (χ1v) is 9.48. The number of nitrogens with zero attached hydrogens (tertiary/aromatic N) is 4. The summed E-state index contributed by atoms with van der Waals surface area (Å²) >= 11 is 1.67. The van der Waals surface area contributed by atoms with Crippen LogP contribution in [-0.2, 0) is 4.79 Å². The van der Waals surface area contributed by atoms with Crippen LogP contribution in [-0.4, -0.2) is 46.7 Å². The third kappa shape index (κ3) is 2.10. The first-order valence-electron chi connectivity index (χ1n) is 8.60. The molecule has 3 aliphatic rings. The van der Waals surface area contributed by atoms with Gasteiger partial charge in [-0.3, -0.25) is 4.79 Å². The molecule has 1 unspecified atom stereocenters. The first-order chi connectivity index (χ1) is 11.6. The molecule has 2 aliphatic heterocycles. The molecule has 1 saturated carbocycles. The molecule has 2 aromatic heterocycles. The summed E-state index contributed by atoms with van der Waals surface area (Å²) in [5, 5.41) is 12.2. The second kappa shape index (κ2) is 5.05. The number of carboxylic acids is 1. The summed E-state index contributed by atoms with van der Waals surface area (Å²) in [6.07, 6.45) is 1.52. The van der Waals surface area contributed by atoms with Crippen molar-refractivity contribution in [3.63, 3.8) is 0 Å². The van der Waals surface area contributed by atoms with Gasteiger partial charge in [-0.1, -0.05) is 0 Å². The van der Waals surface area contributed by atoms with Gasteiger partial charge in [0.1, 0.15) is 10.6 Å². The van der Waals surface area contributed by atoms with E-state index in [1.807, 2.05) is 0 Å². The van der Waals surface area contributed by atoms with Gasteiger partial charge >= 0.3 is 5.97 Å². The smallest absolute Gasteiger partial charge is 0.303 e. The Morgan fingerprint density at radius 1 is 1.38 bits per heavy atom. The third-order valence-electron chi connectivity index (χ3n) is 5.95. The summed E-state index contributed by atoms with van der Waals surface area (Å²) in [5.74, 6) is 2.64. The Balaban J connectivity index is 1.43. The lowest BCUT2D eigenvalue weighted by Crippen LogP contribution is -2.46. The number of anilines is 2. The van der Waals surface area contributed by atoms with E-state index in [1.54, 1.807) is 11.3 Å². The summed E-state index contributed by atoms with van der Waals surface area (Å²) in [5.41, 5.74) is 0. The Kier molecular flexibility index (Phi) is 3.04. The van der Waals surface area contributed by atoms with Crippen LogP contribution >= 0.6 is 11.3 Å². The van der Waals surface area contributed by atoms with Crippen molar-refractivity contribution in [2.24, 2.45) is 17.8 Å². The van der Waals surface area contributed by atoms with E-state index >= 15 is 0 Å². The Morgan fingerprint density at radius 2 is 2.17 bits per heavy atom. The maximum Gasteiger partial charge on any atom is 0.303 e. The van der Waals surface area contributed by atoms with Crippen LogP contribution in [0.4, 0.5) is 11.8 Å². The van der Waals surface area contributed by atoms with Crippen LogP contribution in [0.3, 0.4) is 0 Å². The molecule has 3 fully saturated rings. The van der Waals surface area contributed by atoms with E-state index in [0.29, 0.717) is 30.2 Å². The van der Waals surface area contributed by atoms with Crippen molar-refractivity contribution in [3.8, 4) is 0 Å². The quantitative estimate of drug-likeness (QED) is 0.919. The second-order valence-corrected chi connectivity index (χ2v) is 8.21. The van der Waals surface area contributed by atoms with Gasteiger partial charge in [-0.2, -0.15) is 4.98 Å². The molecule has 6 nitrogen and oxygen atoms in total. The van der Waals surface area contributed by atoms with Crippen LogP contribution in [0.5, 0.6) is 0 Å². The number of fused-ring (bicyclic) bond motifs is 2. The molecule has 0 spiro atoms. The zero-order chi connectivity index (χ0) is 16.4. The maximum atomic E-state index is 10.9. The van der Waals surface area contributed by atoms with Gasteiger partial charge in [0, 0.05) is 32.1 Å². The Hall–Kier alpha value is -1.89. The number of rotatable bonds is 4. The van der Waals surface area contributed by atoms with E-state index in [0.717, 1.165) is 41.6 Å². The van der Waals surface area contributed by atoms with Crippen LogP contribution < -0.4 is 9.80 Å². The molecule has 24 heavy (non-hydrogen) atoms. The lowest BCUT2D eigenvalue weighted by molar-refractivity contribution is -0.137. The van der Waals surface area contributed by atoms with E-state index < -0.39 is 5.97 Å². The van der Waals surface area contributed by atoms with Crippen molar-refractivity contribution in [3.05, 3.63) is 11.4 Å². The monoisotopic (exact) mass is 344 g/mol. The minimum Gasteiger partial charge on any atom is -0.481 e. The van der Waals surface area contributed by atoms with Crippen molar-refractivity contribution in [2.45, 2.75) is 25.8 Å². The molecular weight excluding hydrogens is 324 g/mol. The van der Waals surface area contributed by atoms with Gasteiger partial charge in [0.2, 0.25) is 5.95 Å². The van der Waals surface area contributed by atoms with Gasteiger partial charge in [0.25, 0.3) is 0 Å². The minimum atomic E-state index is -0.669. The van der Waals surface area contributed by atoms with E-state index in [1.165, 1.54) is 6.42 Å². The topological polar surface area (TPSA) is 69.6 Å². The van der Waals surface area contributed by atoms with Crippen molar-refractivity contribution >= 4 is 39.3 Å². The van der Waals surface area contributed by atoms with Gasteiger partial charge in [-0.15, -0.1) is 11.3 Å². The summed E-state index contributed by atoms with van der Waals surface area (Å²) in [7, 11) is 0. The van der Waals surface area contributed by atoms with Gasteiger partial charge in [-0.05, 0) is 42.5 Å². The van der Waals surface area contributed by atoms with Crippen LogP contribution in [0, 0.1) is 17.8 Å². The summed E-state index contributed by atoms with van der Waals surface area (Å²) in [6, 6.07) is 2.62. The number of aliphatic carboxylic acids is 1. The van der Waals surface area contributed by atoms with Gasteiger partial charge in [0.05, 0.1) is 5.39 Å². The minimum absolute atomic E-state index is 0.317. The summed E-state index contributed by atoms with van der Waals surface area (Å²) < 4.78 is 0. The molecule has 4 heterocycles. The molecule has 0 amide bonds. The molecule has 0 radical (unpaired) electrons. The number of carboxylic acid groups (broad SMARTS) is 1. The highest BCUT2D eigenvalue weighted by Crippen LogP contribution is 2.54. The highest BCUT2D eigenvalue weighted by Gasteiger charge is 2.56. The third-order valence-corrected chi connectivity index (χ3v) is 6.76. The molecule has 1 N–H and O–H groups in total. The average Bonchev–Trinajstić information content (AvgIpc) is 2.97. The van der Waals surface area contributed by atoms with Gasteiger partial charge in [0.15, 0.2) is 0 Å². The predicted octanol–water partition coefficient (Wildman–Crippen LogP) is 2.45. The fourth-order valence-corrected chi connectivity index (χ4v) is 5.09. The van der Waals surface area contributed by atoms with Gasteiger partial charge < -0.3 is 14.9 Å². The fraction of sp³-hybridized carbons (Fsp3) is 0.588. The fourth-order valence-electron chi connectivity index (χ4n) is 4.34. The zero-order valence-electron chi connectivity index (χ0n) is 13.6.